The maximum Gasteiger partial charge on any atom is 0.240 e. The molecule has 2 fully saturated rings. The number of hydrogen-bond donors (Lipinski definition) is 2. The third kappa shape index (κ3) is 1.70. The van der Waals surface area contributed by atoms with Gasteiger partial charge in [0.25, 0.3) is 0 Å². The van der Waals surface area contributed by atoms with Crippen molar-refractivity contribution in [2.75, 3.05) is 0 Å². The molecule has 3 unspecified atom stereocenters. The normalized spacial score (nSPS) is 36.5. The molecular formula is C10H18N2O. The van der Waals surface area contributed by atoms with Crippen LogP contribution in [0.5, 0.6) is 0 Å². The molecule has 0 heterocycles. The molecule has 2 saturated carbocycles. The minimum absolute atomic E-state index is 0.0457. The molecular weight excluding hydrogens is 164 g/mol. The fourth-order valence-corrected chi connectivity index (χ4v) is 1.72. The van der Waals surface area contributed by atoms with Gasteiger partial charge in [0, 0.05) is 6.04 Å². The standard InChI is InChI=1S/C10H18N2O/c1-6-5-8(6)12-9(13)10(2,11)7-3-4-7/h6-8H,3-5,11H2,1-2H3,(H,12,13). The van der Waals surface area contributed by atoms with Gasteiger partial charge in [0.2, 0.25) is 5.91 Å². The Morgan fingerprint density at radius 2 is 2.08 bits per heavy atom. The van der Waals surface area contributed by atoms with Gasteiger partial charge < -0.3 is 11.1 Å². The molecule has 0 aliphatic heterocycles. The molecule has 3 nitrogen and oxygen atoms in total. The first-order valence-electron chi connectivity index (χ1n) is 5.11. The van der Waals surface area contributed by atoms with Gasteiger partial charge >= 0.3 is 0 Å². The highest BCUT2D eigenvalue weighted by atomic mass is 16.2. The fraction of sp³-hybridized carbons (Fsp3) is 0.900. The Bertz CT molecular complexity index is 233. The number of carbonyl (C=O) groups excluding carboxylic acids is 1. The van der Waals surface area contributed by atoms with Crippen LogP contribution in [0, 0.1) is 11.8 Å². The maximum absolute atomic E-state index is 11.7. The first-order valence-corrected chi connectivity index (χ1v) is 5.11. The van der Waals surface area contributed by atoms with Crippen molar-refractivity contribution in [1.29, 1.82) is 0 Å². The topological polar surface area (TPSA) is 55.1 Å². The monoisotopic (exact) mass is 182 g/mol. The van der Waals surface area contributed by atoms with Crippen molar-refractivity contribution in [1.82, 2.24) is 5.32 Å². The summed E-state index contributed by atoms with van der Waals surface area (Å²) >= 11 is 0. The number of nitrogens with two attached hydrogens (primary N) is 1. The van der Waals surface area contributed by atoms with E-state index in [4.69, 9.17) is 5.73 Å². The van der Waals surface area contributed by atoms with Crippen molar-refractivity contribution in [2.24, 2.45) is 17.6 Å². The molecule has 0 radical (unpaired) electrons. The number of nitrogens with one attached hydrogen (secondary N) is 1. The van der Waals surface area contributed by atoms with E-state index in [2.05, 4.69) is 12.2 Å². The van der Waals surface area contributed by atoms with Gasteiger partial charge in [0.05, 0.1) is 5.54 Å². The van der Waals surface area contributed by atoms with Crippen LogP contribution in [0.3, 0.4) is 0 Å². The van der Waals surface area contributed by atoms with Gasteiger partial charge in [-0.25, -0.2) is 0 Å². The van der Waals surface area contributed by atoms with Crippen LogP contribution in [0.2, 0.25) is 0 Å². The fourth-order valence-electron chi connectivity index (χ4n) is 1.72. The lowest BCUT2D eigenvalue weighted by Crippen LogP contribution is -2.54. The third-order valence-corrected chi connectivity index (χ3v) is 3.34. The van der Waals surface area contributed by atoms with E-state index in [1.807, 2.05) is 6.92 Å². The van der Waals surface area contributed by atoms with Crippen LogP contribution in [-0.2, 0) is 4.79 Å². The van der Waals surface area contributed by atoms with Crippen LogP contribution in [-0.4, -0.2) is 17.5 Å². The zero-order valence-electron chi connectivity index (χ0n) is 8.34. The number of amides is 1. The predicted octanol–water partition coefficient (Wildman–Crippen LogP) is 0.638. The van der Waals surface area contributed by atoms with Crippen LogP contribution < -0.4 is 11.1 Å². The minimum Gasteiger partial charge on any atom is -0.351 e. The molecule has 2 rings (SSSR count). The number of hydrogen-bond acceptors (Lipinski definition) is 2. The molecule has 74 valence electrons. The minimum atomic E-state index is -0.623. The third-order valence-electron chi connectivity index (χ3n) is 3.34. The molecule has 2 aliphatic carbocycles. The van der Waals surface area contributed by atoms with Crippen molar-refractivity contribution >= 4 is 5.91 Å². The molecule has 2 aliphatic rings. The Morgan fingerprint density at radius 3 is 2.46 bits per heavy atom. The lowest BCUT2D eigenvalue weighted by atomic mass is 9.96. The summed E-state index contributed by atoms with van der Waals surface area (Å²) in [7, 11) is 0. The highest BCUT2D eigenvalue weighted by Crippen LogP contribution is 2.39. The summed E-state index contributed by atoms with van der Waals surface area (Å²) in [6.07, 6.45) is 3.34. The zero-order valence-corrected chi connectivity index (χ0v) is 8.34. The summed E-state index contributed by atoms with van der Waals surface area (Å²) in [5.41, 5.74) is 5.35. The lowest BCUT2D eigenvalue weighted by Gasteiger charge is -2.23. The van der Waals surface area contributed by atoms with E-state index in [0.29, 0.717) is 17.9 Å². The van der Waals surface area contributed by atoms with Crippen LogP contribution >= 0.6 is 0 Å². The second-order valence-electron chi connectivity index (χ2n) is 4.85. The summed E-state index contributed by atoms with van der Waals surface area (Å²) < 4.78 is 0. The SMILES string of the molecule is CC1CC1NC(=O)C(C)(N)C1CC1. The lowest BCUT2D eigenvalue weighted by molar-refractivity contribution is -0.126. The van der Waals surface area contributed by atoms with Crippen LogP contribution in [0.4, 0.5) is 0 Å². The van der Waals surface area contributed by atoms with Gasteiger partial charge in [-0.05, 0) is 38.0 Å². The molecule has 3 atom stereocenters. The zero-order chi connectivity index (χ0) is 9.64. The summed E-state index contributed by atoms with van der Waals surface area (Å²) in [5.74, 6) is 1.12. The van der Waals surface area contributed by atoms with E-state index < -0.39 is 5.54 Å². The second-order valence-corrected chi connectivity index (χ2v) is 4.85. The highest BCUT2D eigenvalue weighted by molar-refractivity contribution is 5.86. The molecule has 3 N–H and O–H groups in total. The Labute approximate surface area is 79.1 Å². The highest BCUT2D eigenvalue weighted by Gasteiger charge is 2.46. The molecule has 13 heavy (non-hydrogen) atoms. The van der Waals surface area contributed by atoms with Gasteiger partial charge in [-0.15, -0.1) is 0 Å². The van der Waals surface area contributed by atoms with Crippen molar-refractivity contribution in [3.05, 3.63) is 0 Å². The summed E-state index contributed by atoms with van der Waals surface area (Å²) in [6.45, 7) is 4.00. The van der Waals surface area contributed by atoms with Crippen molar-refractivity contribution in [3.8, 4) is 0 Å². The first-order chi connectivity index (χ1) is 6.01. The van der Waals surface area contributed by atoms with Crippen molar-refractivity contribution in [2.45, 2.75) is 44.7 Å². The average Bonchev–Trinajstić information content (AvgIpc) is 2.85. The van der Waals surface area contributed by atoms with Crippen LogP contribution in [0.15, 0.2) is 0 Å². The van der Waals surface area contributed by atoms with Crippen LogP contribution in [0.25, 0.3) is 0 Å². The molecule has 0 aromatic carbocycles. The van der Waals surface area contributed by atoms with Crippen LogP contribution in [0.1, 0.15) is 33.1 Å². The molecule has 0 spiro atoms. The first kappa shape index (κ1) is 9.00. The molecule has 1 amide bonds. The van der Waals surface area contributed by atoms with Gasteiger partial charge in [0.1, 0.15) is 0 Å². The van der Waals surface area contributed by atoms with E-state index in [1.165, 1.54) is 0 Å². The molecule has 0 aromatic heterocycles. The van der Waals surface area contributed by atoms with Gasteiger partial charge in [-0.1, -0.05) is 6.92 Å². The Kier molecular flexibility index (Phi) is 1.88. The Hall–Kier alpha value is -0.570. The molecule has 0 aromatic rings. The number of carbonyl (C=O) groups is 1. The van der Waals surface area contributed by atoms with Crippen molar-refractivity contribution in [3.63, 3.8) is 0 Å². The summed E-state index contributed by atoms with van der Waals surface area (Å²) in [6, 6.07) is 0.397. The van der Waals surface area contributed by atoms with Crippen molar-refractivity contribution < 1.29 is 4.79 Å². The molecule has 3 heteroatoms. The van der Waals surface area contributed by atoms with Gasteiger partial charge in [-0.3, -0.25) is 4.79 Å². The quantitative estimate of drug-likeness (QED) is 0.673. The van der Waals surface area contributed by atoms with E-state index >= 15 is 0 Å². The molecule has 0 bridgehead atoms. The smallest absolute Gasteiger partial charge is 0.240 e. The van der Waals surface area contributed by atoms with E-state index in [0.717, 1.165) is 19.3 Å². The van der Waals surface area contributed by atoms with E-state index in [1.54, 1.807) is 0 Å². The number of rotatable bonds is 3. The summed E-state index contributed by atoms with van der Waals surface area (Å²) in [4.78, 5) is 11.7. The second kappa shape index (κ2) is 2.71. The maximum atomic E-state index is 11.7. The van der Waals surface area contributed by atoms with E-state index in [9.17, 15) is 4.79 Å². The Morgan fingerprint density at radius 1 is 1.54 bits per heavy atom. The largest absolute Gasteiger partial charge is 0.351 e. The Balaban J connectivity index is 1.88. The average molecular weight is 182 g/mol. The van der Waals surface area contributed by atoms with Gasteiger partial charge in [0.15, 0.2) is 0 Å². The molecule has 0 saturated heterocycles. The predicted molar refractivity (Wildman–Crippen MR) is 51.0 cm³/mol. The summed E-state index contributed by atoms with van der Waals surface area (Å²) in [5, 5.41) is 3.00. The van der Waals surface area contributed by atoms with E-state index in [-0.39, 0.29) is 5.91 Å². The van der Waals surface area contributed by atoms with Gasteiger partial charge in [-0.2, -0.15) is 0 Å².